The van der Waals surface area contributed by atoms with Crippen LogP contribution in [0.2, 0.25) is 19.6 Å². The summed E-state index contributed by atoms with van der Waals surface area (Å²) in [7, 11) is 4.61. The van der Waals surface area contributed by atoms with Gasteiger partial charge in [0.05, 0.1) is 0 Å². The average molecular weight is 260 g/mol. The van der Waals surface area contributed by atoms with Crippen molar-refractivity contribution in [1.29, 1.82) is 0 Å². The van der Waals surface area contributed by atoms with E-state index in [2.05, 4.69) is 54.8 Å². The Morgan fingerprint density at radius 3 is 2.13 bits per heavy atom. The summed E-state index contributed by atoms with van der Waals surface area (Å²) in [6.45, 7) is 9.13. The molecule has 0 N–H and O–H groups in total. The Morgan fingerprint density at radius 2 is 1.73 bits per heavy atom. The van der Waals surface area contributed by atoms with Gasteiger partial charge in [0.2, 0.25) is 0 Å². The third-order valence-corrected chi connectivity index (χ3v) is 7.25. The fraction of sp³-hybridized carbons (Fsp3) is 0.455. The monoisotopic (exact) mass is 259 g/mol. The Kier molecular flexibility index (Phi) is 4.71. The summed E-state index contributed by atoms with van der Waals surface area (Å²) in [6.07, 6.45) is 0. The van der Waals surface area contributed by atoms with Gasteiger partial charge in [-0.3, -0.25) is 3.97 Å². The van der Waals surface area contributed by atoms with Crippen LogP contribution in [0, 0.1) is 0 Å². The Bertz CT molecular complexity index is 299. The van der Waals surface area contributed by atoms with Crippen molar-refractivity contribution >= 4 is 30.1 Å². The van der Waals surface area contributed by atoms with E-state index in [1.807, 2.05) is 6.07 Å². The first-order chi connectivity index (χ1) is 6.96. The standard InChI is InChI=1S/C11H18ClNSSi/c1-10(11-8-6-5-7-9-11)13(14-12)15(2,3)4/h5-10H,1-4H3. The Morgan fingerprint density at radius 1 is 1.20 bits per heavy atom. The molecule has 15 heavy (non-hydrogen) atoms. The molecule has 0 saturated carbocycles. The van der Waals surface area contributed by atoms with Crippen molar-refractivity contribution in [3.63, 3.8) is 0 Å². The molecule has 1 nitrogen and oxygen atoms in total. The van der Waals surface area contributed by atoms with Crippen LogP contribution in [0.25, 0.3) is 0 Å². The molecule has 1 atom stereocenters. The lowest BCUT2D eigenvalue weighted by Gasteiger charge is -2.35. The molecule has 1 rings (SSSR count). The molecule has 1 aromatic rings. The van der Waals surface area contributed by atoms with Gasteiger partial charge in [-0.1, -0.05) is 50.0 Å². The van der Waals surface area contributed by atoms with E-state index in [-0.39, 0.29) is 0 Å². The van der Waals surface area contributed by atoms with Gasteiger partial charge in [-0.15, -0.1) is 0 Å². The van der Waals surface area contributed by atoms with E-state index < -0.39 is 8.24 Å². The predicted molar refractivity (Wildman–Crippen MR) is 73.5 cm³/mol. The maximum Gasteiger partial charge on any atom is 0.133 e. The van der Waals surface area contributed by atoms with Crippen molar-refractivity contribution in [1.82, 2.24) is 3.97 Å². The zero-order valence-corrected chi connectivity index (χ0v) is 12.3. The SMILES string of the molecule is CC(c1ccccc1)N(SCl)[Si](C)(C)C. The van der Waals surface area contributed by atoms with Gasteiger partial charge < -0.3 is 0 Å². The summed E-state index contributed by atoms with van der Waals surface area (Å²) in [5, 5.41) is 0. The molecule has 0 saturated heterocycles. The number of halogens is 1. The molecule has 1 aromatic carbocycles. The first-order valence-electron chi connectivity index (χ1n) is 5.10. The molecule has 0 aliphatic heterocycles. The molecular weight excluding hydrogens is 242 g/mol. The van der Waals surface area contributed by atoms with Gasteiger partial charge in [-0.05, 0) is 23.2 Å². The minimum Gasteiger partial charge on any atom is -0.252 e. The molecule has 0 radical (unpaired) electrons. The van der Waals surface area contributed by atoms with E-state index in [4.69, 9.17) is 10.7 Å². The van der Waals surface area contributed by atoms with Gasteiger partial charge in [-0.25, -0.2) is 0 Å². The van der Waals surface area contributed by atoms with Crippen LogP contribution in [0.5, 0.6) is 0 Å². The molecule has 0 aliphatic carbocycles. The van der Waals surface area contributed by atoms with Gasteiger partial charge in [0.25, 0.3) is 0 Å². The highest BCUT2D eigenvalue weighted by atomic mass is 35.7. The molecule has 4 heteroatoms. The van der Waals surface area contributed by atoms with Gasteiger partial charge >= 0.3 is 0 Å². The van der Waals surface area contributed by atoms with Crippen molar-refractivity contribution in [2.75, 3.05) is 0 Å². The van der Waals surface area contributed by atoms with E-state index in [1.54, 1.807) is 0 Å². The summed E-state index contributed by atoms with van der Waals surface area (Å²) in [5.74, 6) is 0. The van der Waals surface area contributed by atoms with Crippen molar-refractivity contribution < 1.29 is 0 Å². The number of hydrogen-bond donors (Lipinski definition) is 0. The van der Waals surface area contributed by atoms with Gasteiger partial charge in [0.15, 0.2) is 0 Å². The fourth-order valence-corrected chi connectivity index (χ4v) is 6.21. The van der Waals surface area contributed by atoms with Crippen LogP contribution in [-0.4, -0.2) is 12.2 Å². The second kappa shape index (κ2) is 5.39. The first kappa shape index (κ1) is 13.1. The van der Waals surface area contributed by atoms with Crippen LogP contribution in [0.3, 0.4) is 0 Å². The van der Waals surface area contributed by atoms with Crippen molar-refractivity contribution in [2.24, 2.45) is 0 Å². The van der Waals surface area contributed by atoms with Crippen molar-refractivity contribution in [3.8, 4) is 0 Å². The molecular formula is C11H18ClNSSi. The van der Waals surface area contributed by atoms with E-state index in [0.29, 0.717) is 6.04 Å². The largest absolute Gasteiger partial charge is 0.252 e. The van der Waals surface area contributed by atoms with Crippen LogP contribution < -0.4 is 0 Å². The van der Waals surface area contributed by atoms with E-state index in [1.165, 1.54) is 16.7 Å². The summed E-state index contributed by atoms with van der Waals surface area (Å²) < 4.78 is 2.34. The molecule has 84 valence electrons. The van der Waals surface area contributed by atoms with Crippen LogP contribution in [0.1, 0.15) is 18.5 Å². The lowest BCUT2D eigenvalue weighted by atomic mass is 10.1. The molecule has 0 amide bonds. The Balaban J connectivity index is 2.88. The molecule has 0 fully saturated rings. The third-order valence-electron chi connectivity index (χ3n) is 2.37. The van der Waals surface area contributed by atoms with Gasteiger partial charge in [0, 0.05) is 17.2 Å². The predicted octanol–water partition coefficient (Wildman–Crippen LogP) is 4.69. The maximum absolute atomic E-state index is 5.97. The maximum atomic E-state index is 5.97. The first-order valence-corrected chi connectivity index (χ1v) is 10.1. The lowest BCUT2D eigenvalue weighted by molar-refractivity contribution is 0.542. The highest BCUT2D eigenvalue weighted by Crippen LogP contribution is 2.34. The summed E-state index contributed by atoms with van der Waals surface area (Å²) in [6, 6.07) is 10.9. The smallest absolute Gasteiger partial charge is 0.133 e. The summed E-state index contributed by atoms with van der Waals surface area (Å²) in [4.78, 5) is 0. The van der Waals surface area contributed by atoms with E-state index in [9.17, 15) is 0 Å². The van der Waals surface area contributed by atoms with Crippen LogP contribution in [0.15, 0.2) is 30.3 Å². The highest BCUT2D eigenvalue weighted by molar-refractivity contribution is 8.20. The van der Waals surface area contributed by atoms with Gasteiger partial charge in [0.1, 0.15) is 8.24 Å². The van der Waals surface area contributed by atoms with Crippen LogP contribution in [-0.2, 0) is 0 Å². The Labute approximate surface area is 103 Å². The van der Waals surface area contributed by atoms with Crippen molar-refractivity contribution in [3.05, 3.63) is 35.9 Å². The summed E-state index contributed by atoms with van der Waals surface area (Å²) in [5.41, 5.74) is 1.33. The summed E-state index contributed by atoms with van der Waals surface area (Å²) >= 11 is 1.35. The molecule has 0 heterocycles. The number of benzene rings is 1. The number of hydrogen-bond acceptors (Lipinski definition) is 2. The van der Waals surface area contributed by atoms with E-state index >= 15 is 0 Å². The number of nitrogens with zero attached hydrogens (tertiary/aromatic N) is 1. The fourth-order valence-electron chi connectivity index (χ4n) is 1.61. The van der Waals surface area contributed by atoms with E-state index in [0.717, 1.165) is 0 Å². The normalized spacial score (nSPS) is 14.3. The minimum absolute atomic E-state index is 0.375. The second-order valence-corrected chi connectivity index (χ2v) is 10.7. The number of rotatable bonds is 4. The average Bonchev–Trinajstić information content (AvgIpc) is 2.18. The molecule has 0 bridgehead atoms. The topological polar surface area (TPSA) is 3.24 Å². The quantitative estimate of drug-likeness (QED) is 0.570. The zero-order valence-electron chi connectivity index (χ0n) is 9.70. The van der Waals surface area contributed by atoms with Crippen molar-refractivity contribution in [2.45, 2.75) is 32.6 Å². The minimum atomic E-state index is -1.37. The highest BCUT2D eigenvalue weighted by Gasteiger charge is 2.29. The van der Waals surface area contributed by atoms with Gasteiger partial charge in [-0.2, -0.15) is 0 Å². The zero-order chi connectivity index (χ0) is 11.5. The molecule has 0 aromatic heterocycles. The Hall–Kier alpha value is 0.0369. The molecule has 0 spiro atoms. The third kappa shape index (κ3) is 3.52. The lowest BCUT2D eigenvalue weighted by Crippen LogP contribution is -2.41. The second-order valence-electron chi connectivity index (χ2n) is 4.65. The van der Waals surface area contributed by atoms with Crippen LogP contribution in [0.4, 0.5) is 0 Å². The van der Waals surface area contributed by atoms with Crippen LogP contribution >= 0.6 is 21.8 Å². The molecule has 1 unspecified atom stereocenters. The molecule has 0 aliphatic rings.